The Morgan fingerprint density at radius 2 is 2.00 bits per heavy atom. The van der Waals surface area contributed by atoms with Crippen LogP contribution in [0.1, 0.15) is 37.1 Å². The van der Waals surface area contributed by atoms with Gasteiger partial charge in [0, 0.05) is 11.3 Å². The summed E-state index contributed by atoms with van der Waals surface area (Å²) in [6.45, 7) is 3.79. The maximum absolute atomic E-state index is 12.4. The number of halogens is 1. The average molecular weight is 336 g/mol. The number of aryl methyl sites for hydroxylation is 2. The van der Waals surface area contributed by atoms with Crippen LogP contribution in [0.2, 0.25) is 0 Å². The second kappa shape index (κ2) is 6.72. The normalized spacial score (nSPS) is 16.0. The molecule has 0 aliphatic heterocycles. The Balaban J connectivity index is 0.00000192. The van der Waals surface area contributed by atoms with E-state index in [0.717, 1.165) is 42.7 Å². The second-order valence-electron chi connectivity index (χ2n) is 6.06. The lowest BCUT2D eigenvalue weighted by atomic mass is 9.98. The van der Waals surface area contributed by atoms with Crippen LogP contribution in [0.25, 0.3) is 11.5 Å². The highest BCUT2D eigenvalue weighted by Gasteiger charge is 2.36. The minimum atomic E-state index is -0.730. The van der Waals surface area contributed by atoms with Crippen LogP contribution in [0.5, 0.6) is 0 Å². The Labute approximate surface area is 142 Å². The summed E-state index contributed by atoms with van der Waals surface area (Å²) in [6, 6.07) is 7.50. The van der Waals surface area contributed by atoms with Crippen molar-refractivity contribution in [1.82, 2.24) is 4.98 Å². The van der Waals surface area contributed by atoms with Gasteiger partial charge in [-0.05, 0) is 44.9 Å². The Bertz CT molecular complexity index is 686. The van der Waals surface area contributed by atoms with Crippen molar-refractivity contribution in [1.29, 1.82) is 0 Å². The smallest absolute Gasteiger partial charge is 0.244 e. The first-order valence-corrected chi connectivity index (χ1v) is 7.63. The number of hydrogen-bond donors (Lipinski definition) is 2. The van der Waals surface area contributed by atoms with E-state index in [9.17, 15) is 4.79 Å². The first-order valence-electron chi connectivity index (χ1n) is 7.63. The number of carbonyl (C=O) groups is 1. The molecule has 0 spiro atoms. The number of nitrogens with two attached hydrogens (primary N) is 1. The van der Waals surface area contributed by atoms with Gasteiger partial charge in [0.1, 0.15) is 5.76 Å². The van der Waals surface area contributed by atoms with E-state index in [4.69, 9.17) is 10.2 Å². The number of hydrogen-bond acceptors (Lipinski definition) is 4. The summed E-state index contributed by atoms with van der Waals surface area (Å²) in [5.74, 6) is 1.26. The summed E-state index contributed by atoms with van der Waals surface area (Å²) >= 11 is 0. The summed E-state index contributed by atoms with van der Waals surface area (Å²) in [4.78, 5) is 16.8. The predicted octanol–water partition coefficient (Wildman–Crippen LogP) is 3.59. The fourth-order valence-corrected chi connectivity index (χ4v) is 2.81. The molecule has 0 bridgehead atoms. The van der Waals surface area contributed by atoms with Crippen LogP contribution in [0, 0.1) is 13.8 Å². The lowest BCUT2D eigenvalue weighted by Crippen LogP contribution is -2.48. The monoisotopic (exact) mass is 335 g/mol. The molecule has 1 aliphatic carbocycles. The quantitative estimate of drug-likeness (QED) is 0.898. The third-order valence-corrected chi connectivity index (χ3v) is 4.34. The number of carbonyl (C=O) groups excluding carboxylic acids is 1. The van der Waals surface area contributed by atoms with E-state index in [-0.39, 0.29) is 18.3 Å². The summed E-state index contributed by atoms with van der Waals surface area (Å²) in [5, 5.41) is 2.92. The highest BCUT2D eigenvalue weighted by molar-refractivity contribution is 5.98. The molecule has 3 rings (SSSR count). The molecule has 23 heavy (non-hydrogen) atoms. The molecule has 2 aromatic rings. The van der Waals surface area contributed by atoms with Crippen molar-refractivity contribution in [3.8, 4) is 11.5 Å². The first-order chi connectivity index (χ1) is 10.5. The lowest BCUT2D eigenvalue weighted by Gasteiger charge is -2.22. The van der Waals surface area contributed by atoms with Gasteiger partial charge in [-0.1, -0.05) is 18.9 Å². The molecule has 1 fully saturated rings. The highest BCUT2D eigenvalue weighted by atomic mass is 35.5. The zero-order valence-corrected chi connectivity index (χ0v) is 14.2. The van der Waals surface area contributed by atoms with Crippen molar-refractivity contribution in [2.75, 3.05) is 5.32 Å². The Morgan fingerprint density at radius 1 is 1.30 bits per heavy atom. The van der Waals surface area contributed by atoms with Crippen molar-refractivity contribution in [2.24, 2.45) is 5.73 Å². The summed E-state index contributed by atoms with van der Waals surface area (Å²) < 4.78 is 5.63. The van der Waals surface area contributed by atoms with Gasteiger partial charge >= 0.3 is 0 Å². The lowest BCUT2D eigenvalue weighted by molar-refractivity contribution is -0.121. The number of aromatic nitrogens is 1. The summed E-state index contributed by atoms with van der Waals surface area (Å²) in [5.41, 5.74) is 7.88. The first kappa shape index (κ1) is 17.5. The minimum absolute atomic E-state index is 0. The summed E-state index contributed by atoms with van der Waals surface area (Å²) in [6.07, 6.45) is 3.52. The van der Waals surface area contributed by atoms with Crippen LogP contribution in [-0.2, 0) is 4.79 Å². The molecule has 0 unspecified atom stereocenters. The topological polar surface area (TPSA) is 81.2 Å². The fraction of sp³-hybridized carbons (Fsp3) is 0.412. The zero-order chi connectivity index (χ0) is 15.7. The van der Waals surface area contributed by atoms with E-state index < -0.39 is 5.54 Å². The predicted molar refractivity (Wildman–Crippen MR) is 92.7 cm³/mol. The van der Waals surface area contributed by atoms with Crippen LogP contribution < -0.4 is 11.1 Å². The van der Waals surface area contributed by atoms with Gasteiger partial charge in [-0.15, -0.1) is 12.4 Å². The third-order valence-electron chi connectivity index (χ3n) is 4.34. The fourth-order valence-electron chi connectivity index (χ4n) is 2.81. The molecule has 1 aromatic carbocycles. The van der Waals surface area contributed by atoms with Crippen molar-refractivity contribution in [2.45, 2.75) is 45.1 Å². The van der Waals surface area contributed by atoms with E-state index in [1.54, 1.807) is 0 Å². The van der Waals surface area contributed by atoms with Crippen molar-refractivity contribution in [3.63, 3.8) is 0 Å². The standard InChI is InChI=1S/C17H21N3O2.ClH/c1-11-12(2)22-15(19-11)13-6-5-7-14(10-13)20-16(21)17(18)8-3-4-9-17;/h5-7,10H,3-4,8-9,18H2,1-2H3,(H,20,21);1H. The third kappa shape index (κ3) is 3.57. The van der Waals surface area contributed by atoms with Crippen molar-refractivity contribution < 1.29 is 9.21 Å². The van der Waals surface area contributed by atoms with E-state index in [0.29, 0.717) is 11.6 Å². The minimum Gasteiger partial charge on any atom is -0.441 e. The zero-order valence-electron chi connectivity index (χ0n) is 13.4. The maximum atomic E-state index is 12.4. The Hall–Kier alpha value is -1.85. The number of rotatable bonds is 3. The largest absolute Gasteiger partial charge is 0.441 e. The second-order valence-corrected chi connectivity index (χ2v) is 6.06. The van der Waals surface area contributed by atoms with Crippen LogP contribution in [0.15, 0.2) is 28.7 Å². The average Bonchev–Trinajstić information content (AvgIpc) is 3.07. The molecular weight excluding hydrogens is 314 g/mol. The molecule has 0 radical (unpaired) electrons. The van der Waals surface area contributed by atoms with Crippen molar-refractivity contribution in [3.05, 3.63) is 35.7 Å². The number of anilines is 1. The molecule has 0 saturated heterocycles. The molecule has 1 heterocycles. The molecule has 124 valence electrons. The van der Waals surface area contributed by atoms with E-state index in [2.05, 4.69) is 10.3 Å². The molecular formula is C17H22ClN3O2. The van der Waals surface area contributed by atoms with Crippen LogP contribution in [0.4, 0.5) is 5.69 Å². The van der Waals surface area contributed by atoms with Crippen molar-refractivity contribution >= 4 is 24.0 Å². The summed E-state index contributed by atoms with van der Waals surface area (Å²) in [7, 11) is 0. The molecule has 6 heteroatoms. The SMILES string of the molecule is Cc1nc(-c2cccc(NC(=O)C3(N)CCCC3)c2)oc1C.Cl. The molecule has 1 amide bonds. The number of amides is 1. The van der Waals surface area contributed by atoms with E-state index >= 15 is 0 Å². The number of nitrogens with zero attached hydrogens (tertiary/aromatic N) is 1. The number of oxazole rings is 1. The van der Waals surface area contributed by atoms with Gasteiger partial charge in [0.05, 0.1) is 11.2 Å². The van der Waals surface area contributed by atoms with E-state index in [1.165, 1.54) is 0 Å². The van der Waals surface area contributed by atoms with Gasteiger partial charge < -0.3 is 15.5 Å². The molecule has 1 saturated carbocycles. The molecule has 1 aliphatic rings. The molecule has 1 aromatic heterocycles. The van der Waals surface area contributed by atoms with Crippen LogP contribution in [-0.4, -0.2) is 16.4 Å². The van der Waals surface area contributed by atoms with Gasteiger partial charge in [-0.3, -0.25) is 4.79 Å². The van der Waals surface area contributed by atoms with Gasteiger partial charge in [0.2, 0.25) is 11.8 Å². The maximum Gasteiger partial charge on any atom is 0.244 e. The Kier molecular flexibility index (Phi) is 5.12. The molecule has 0 atom stereocenters. The van der Waals surface area contributed by atoms with E-state index in [1.807, 2.05) is 38.1 Å². The molecule has 3 N–H and O–H groups in total. The van der Waals surface area contributed by atoms with Gasteiger partial charge in [-0.25, -0.2) is 4.98 Å². The highest BCUT2D eigenvalue weighted by Crippen LogP contribution is 2.29. The number of benzene rings is 1. The number of nitrogens with one attached hydrogen (secondary N) is 1. The van der Waals surface area contributed by atoms with Crippen LogP contribution in [0.3, 0.4) is 0 Å². The van der Waals surface area contributed by atoms with Crippen LogP contribution >= 0.6 is 12.4 Å². The Morgan fingerprint density at radius 3 is 2.61 bits per heavy atom. The van der Waals surface area contributed by atoms with Gasteiger partial charge in [0.15, 0.2) is 0 Å². The molecule has 5 nitrogen and oxygen atoms in total. The van der Waals surface area contributed by atoms with Gasteiger partial charge in [-0.2, -0.15) is 0 Å². The van der Waals surface area contributed by atoms with Gasteiger partial charge in [0.25, 0.3) is 0 Å².